The zero-order valence-corrected chi connectivity index (χ0v) is 10.3. The van der Waals surface area contributed by atoms with Gasteiger partial charge >= 0.3 is 12.1 Å². The Labute approximate surface area is 100 Å². The Kier molecular flexibility index (Phi) is 2.81. The quantitative estimate of drug-likeness (QED) is 0.636. The van der Waals surface area contributed by atoms with Crippen molar-refractivity contribution in [2.75, 3.05) is 19.6 Å². The lowest BCUT2D eigenvalue weighted by molar-refractivity contribution is 0.0151. The first-order chi connectivity index (χ1) is 7.87. The lowest BCUT2D eigenvalue weighted by Gasteiger charge is -2.36. The second kappa shape index (κ2) is 4.01. The van der Waals surface area contributed by atoms with Crippen molar-refractivity contribution in [2.45, 2.75) is 32.4 Å². The van der Waals surface area contributed by atoms with Gasteiger partial charge in [0.05, 0.1) is 6.04 Å². The maximum Gasteiger partial charge on any atom is 0.410 e. The van der Waals surface area contributed by atoms with E-state index >= 15 is 0 Å². The van der Waals surface area contributed by atoms with Crippen LogP contribution < -0.4 is 0 Å². The number of amides is 3. The average Bonchev–Trinajstić information content (AvgIpc) is 2.57. The summed E-state index contributed by atoms with van der Waals surface area (Å²) in [6, 6.07) is -0.303. The molecule has 2 heterocycles. The van der Waals surface area contributed by atoms with Crippen molar-refractivity contribution < 1.29 is 14.3 Å². The van der Waals surface area contributed by atoms with Crippen LogP contribution in [-0.4, -0.2) is 59.4 Å². The van der Waals surface area contributed by atoms with E-state index in [-0.39, 0.29) is 18.2 Å². The number of ether oxygens (including phenoxy) is 1. The molecule has 0 N–H and O–H groups in total. The number of hydrogen-bond acceptors (Lipinski definition) is 3. The summed E-state index contributed by atoms with van der Waals surface area (Å²) in [5.74, 6) is 0. The molecule has 2 rings (SSSR count). The summed E-state index contributed by atoms with van der Waals surface area (Å²) in [6.45, 7) is 6.98. The van der Waals surface area contributed by atoms with Gasteiger partial charge in [-0.2, -0.15) is 0 Å². The minimum atomic E-state index is -0.492. The fourth-order valence-electron chi connectivity index (χ4n) is 1.89. The van der Waals surface area contributed by atoms with Gasteiger partial charge in [0, 0.05) is 25.8 Å². The standard InChI is InChI=1S/C11H17N3O3/c1-11(2,3)17-10(16)13-4-5-14-8(7-13)6-12-9(14)15/h6,8H,4-5,7H2,1-3H3. The van der Waals surface area contributed by atoms with Crippen molar-refractivity contribution in [3.05, 3.63) is 0 Å². The van der Waals surface area contributed by atoms with Gasteiger partial charge in [-0.05, 0) is 20.8 Å². The average molecular weight is 239 g/mol. The van der Waals surface area contributed by atoms with Gasteiger partial charge in [-0.15, -0.1) is 0 Å². The van der Waals surface area contributed by atoms with Crippen molar-refractivity contribution in [1.82, 2.24) is 9.80 Å². The van der Waals surface area contributed by atoms with E-state index in [0.29, 0.717) is 19.6 Å². The van der Waals surface area contributed by atoms with Gasteiger partial charge in [0.25, 0.3) is 0 Å². The predicted octanol–water partition coefficient (Wildman–Crippen LogP) is 1.11. The van der Waals surface area contributed by atoms with Gasteiger partial charge in [-0.1, -0.05) is 0 Å². The molecule has 0 bridgehead atoms. The topological polar surface area (TPSA) is 62.2 Å². The number of rotatable bonds is 0. The molecule has 0 aromatic heterocycles. The highest BCUT2D eigenvalue weighted by atomic mass is 16.6. The first kappa shape index (κ1) is 11.9. The van der Waals surface area contributed by atoms with Crippen molar-refractivity contribution >= 4 is 18.3 Å². The summed E-state index contributed by atoms with van der Waals surface area (Å²) in [5.41, 5.74) is -0.492. The molecule has 0 aromatic carbocycles. The smallest absolute Gasteiger partial charge is 0.410 e. The lowest BCUT2D eigenvalue weighted by atomic mass is 10.2. The number of nitrogens with zero attached hydrogens (tertiary/aromatic N) is 3. The van der Waals surface area contributed by atoms with E-state index in [2.05, 4.69) is 4.99 Å². The molecule has 1 saturated heterocycles. The van der Waals surface area contributed by atoms with Crippen LogP contribution in [0.5, 0.6) is 0 Å². The summed E-state index contributed by atoms with van der Waals surface area (Å²) < 4.78 is 5.29. The second-order valence-corrected chi connectivity index (χ2v) is 5.25. The van der Waals surface area contributed by atoms with E-state index in [1.54, 1.807) is 16.0 Å². The third-order valence-corrected chi connectivity index (χ3v) is 2.67. The summed E-state index contributed by atoms with van der Waals surface area (Å²) in [6.07, 6.45) is 1.27. The summed E-state index contributed by atoms with van der Waals surface area (Å²) in [5, 5.41) is 0. The number of urea groups is 1. The van der Waals surface area contributed by atoms with Crippen LogP contribution in [0.1, 0.15) is 20.8 Å². The molecule has 0 spiro atoms. The molecule has 6 nitrogen and oxygen atoms in total. The third kappa shape index (κ3) is 2.57. The molecule has 0 radical (unpaired) electrons. The molecule has 94 valence electrons. The number of carbonyl (C=O) groups is 2. The van der Waals surface area contributed by atoms with Gasteiger partial charge < -0.3 is 14.5 Å². The highest BCUT2D eigenvalue weighted by molar-refractivity contribution is 5.93. The Morgan fingerprint density at radius 3 is 2.82 bits per heavy atom. The van der Waals surface area contributed by atoms with Crippen LogP contribution in [0, 0.1) is 0 Å². The highest BCUT2D eigenvalue weighted by Crippen LogP contribution is 2.17. The van der Waals surface area contributed by atoms with Crippen LogP contribution >= 0.6 is 0 Å². The molecule has 2 aliphatic heterocycles. The van der Waals surface area contributed by atoms with Crippen molar-refractivity contribution in [2.24, 2.45) is 4.99 Å². The fraction of sp³-hybridized carbons (Fsp3) is 0.727. The zero-order chi connectivity index (χ0) is 12.6. The normalized spacial score (nSPS) is 23.9. The third-order valence-electron chi connectivity index (χ3n) is 2.67. The Morgan fingerprint density at radius 2 is 2.18 bits per heavy atom. The van der Waals surface area contributed by atoms with Gasteiger partial charge in [0.1, 0.15) is 5.60 Å². The first-order valence-electron chi connectivity index (χ1n) is 5.69. The number of hydrogen-bond donors (Lipinski definition) is 0. The maximum absolute atomic E-state index is 11.8. The Balaban J connectivity index is 1.95. The largest absolute Gasteiger partial charge is 0.444 e. The first-order valence-corrected chi connectivity index (χ1v) is 5.69. The molecule has 1 unspecified atom stereocenters. The van der Waals surface area contributed by atoms with E-state index in [1.807, 2.05) is 20.8 Å². The molecule has 1 fully saturated rings. The molecule has 6 heteroatoms. The van der Waals surface area contributed by atoms with Gasteiger partial charge in [-0.3, -0.25) is 0 Å². The molecule has 2 aliphatic rings. The molecule has 0 aliphatic carbocycles. The van der Waals surface area contributed by atoms with Crippen molar-refractivity contribution in [3.63, 3.8) is 0 Å². The van der Waals surface area contributed by atoms with E-state index in [4.69, 9.17) is 4.74 Å². The number of aliphatic imine (C=N–C) groups is 1. The lowest BCUT2D eigenvalue weighted by Crippen LogP contribution is -2.55. The van der Waals surface area contributed by atoms with E-state index in [0.717, 1.165) is 0 Å². The second-order valence-electron chi connectivity index (χ2n) is 5.25. The summed E-state index contributed by atoms with van der Waals surface area (Å²) >= 11 is 0. The summed E-state index contributed by atoms with van der Waals surface area (Å²) in [7, 11) is 0. The van der Waals surface area contributed by atoms with E-state index in [9.17, 15) is 9.59 Å². The van der Waals surface area contributed by atoms with Crippen LogP contribution in [0.25, 0.3) is 0 Å². The molecule has 0 saturated carbocycles. The Morgan fingerprint density at radius 1 is 1.47 bits per heavy atom. The predicted molar refractivity (Wildman–Crippen MR) is 62.2 cm³/mol. The van der Waals surface area contributed by atoms with Crippen LogP contribution in [-0.2, 0) is 4.74 Å². The zero-order valence-electron chi connectivity index (χ0n) is 10.3. The maximum atomic E-state index is 11.8. The monoisotopic (exact) mass is 239 g/mol. The molecule has 17 heavy (non-hydrogen) atoms. The van der Waals surface area contributed by atoms with Gasteiger partial charge in [-0.25, -0.2) is 14.6 Å². The van der Waals surface area contributed by atoms with Crippen molar-refractivity contribution in [1.29, 1.82) is 0 Å². The van der Waals surface area contributed by atoms with Crippen molar-refractivity contribution in [3.8, 4) is 0 Å². The van der Waals surface area contributed by atoms with Crippen LogP contribution in [0.15, 0.2) is 4.99 Å². The van der Waals surface area contributed by atoms with E-state index in [1.165, 1.54) is 0 Å². The molecular formula is C11H17N3O3. The van der Waals surface area contributed by atoms with Crippen LogP contribution in [0.3, 0.4) is 0 Å². The number of carbonyl (C=O) groups excluding carboxylic acids is 2. The van der Waals surface area contributed by atoms with Gasteiger partial charge in [0.2, 0.25) is 0 Å². The Bertz CT molecular complexity index is 373. The molecule has 3 amide bonds. The fourth-order valence-corrected chi connectivity index (χ4v) is 1.89. The minimum absolute atomic E-state index is 0.0937. The SMILES string of the molecule is CC(C)(C)OC(=O)N1CCN2C(=O)N=CC2C1. The molecule has 1 atom stereocenters. The minimum Gasteiger partial charge on any atom is -0.444 e. The Hall–Kier alpha value is -1.59. The van der Waals surface area contributed by atoms with Crippen LogP contribution in [0.2, 0.25) is 0 Å². The van der Waals surface area contributed by atoms with Crippen LogP contribution in [0.4, 0.5) is 9.59 Å². The number of fused-ring (bicyclic) bond motifs is 1. The molecular weight excluding hydrogens is 222 g/mol. The highest BCUT2D eigenvalue weighted by Gasteiger charge is 2.36. The summed E-state index contributed by atoms with van der Waals surface area (Å²) in [4.78, 5) is 30.2. The van der Waals surface area contributed by atoms with E-state index < -0.39 is 5.60 Å². The van der Waals surface area contributed by atoms with Gasteiger partial charge in [0.15, 0.2) is 0 Å². The number of piperazine rings is 1. The molecule has 0 aromatic rings.